The highest BCUT2D eigenvalue weighted by Gasteiger charge is 2.43. The van der Waals surface area contributed by atoms with Crippen LogP contribution in [0.15, 0.2) is 46.9 Å². The van der Waals surface area contributed by atoms with Crippen molar-refractivity contribution in [2.75, 3.05) is 13.1 Å². The first-order valence-electron chi connectivity index (χ1n) is 8.58. The smallest absolute Gasteiger partial charge is 0.290 e. The third-order valence-electron chi connectivity index (χ3n) is 5.15. The van der Waals surface area contributed by atoms with Crippen LogP contribution >= 0.6 is 0 Å². The molecule has 2 heterocycles. The normalized spacial score (nSPS) is 28.6. The zero-order valence-electron chi connectivity index (χ0n) is 13.7. The molecule has 2 aromatic rings. The number of furan rings is 1. The molecule has 1 aliphatic heterocycles. The predicted octanol–water partition coefficient (Wildman–Crippen LogP) is 2.28. The number of amides is 1. The lowest BCUT2D eigenvalue weighted by Crippen LogP contribution is -2.38. The number of hydrogen-bond donors (Lipinski definition) is 2. The first-order chi connectivity index (χ1) is 12.1. The summed E-state index contributed by atoms with van der Waals surface area (Å²) in [6.45, 7) is 1.17. The molecule has 1 aromatic carbocycles. The van der Waals surface area contributed by atoms with Crippen molar-refractivity contribution in [1.29, 1.82) is 0 Å². The molecule has 25 heavy (non-hydrogen) atoms. The molecule has 1 aromatic heterocycles. The highest BCUT2D eigenvalue weighted by molar-refractivity contribution is 5.91. The van der Waals surface area contributed by atoms with Crippen LogP contribution in [0.3, 0.4) is 0 Å². The fraction of sp³-hybridized carbons (Fsp3) is 0.421. The maximum atomic E-state index is 12.7. The van der Waals surface area contributed by atoms with Crippen molar-refractivity contribution in [3.8, 4) is 11.7 Å². The van der Waals surface area contributed by atoms with Gasteiger partial charge in [-0.05, 0) is 42.9 Å². The molecule has 2 aliphatic rings. The minimum atomic E-state index is -0.689. The number of rotatable bonds is 3. The molecular weight excluding hydrogens is 322 g/mol. The number of benzene rings is 1. The second-order valence-electron chi connectivity index (χ2n) is 6.87. The number of para-hydroxylation sites is 1. The molecule has 2 N–H and O–H groups in total. The van der Waals surface area contributed by atoms with Gasteiger partial charge in [0.05, 0.1) is 12.2 Å². The first-order valence-corrected chi connectivity index (χ1v) is 8.58. The molecule has 2 fully saturated rings. The average Bonchev–Trinajstić information content (AvgIpc) is 3.23. The van der Waals surface area contributed by atoms with Gasteiger partial charge in [0.1, 0.15) is 5.75 Å². The largest absolute Gasteiger partial charge is 0.426 e. The van der Waals surface area contributed by atoms with Crippen molar-refractivity contribution in [3.63, 3.8) is 0 Å². The van der Waals surface area contributed by atoms with Crippen LogP contribution in [0.2, 0.25) is 0 Å². The molecule has 1 saturated heterocycles. The van der Waals surface area contributed by atoms with Gasteiger partial charge in [-0.2, -0.15) is 0 Å². The van der Waals surface area contributed by atoms with Crippen molar-refractivity contribution >= 4 is 5.91 Å². The summed E-state index contributed by atoms with van der Waals surface area (Å²) in [4.78, 5) is 14.4. The van der Waals surface area contributed by atoms with Gasteiger partial charge in [-0.25, -0.2) is 0 Å². The summed E-state index contributed by atoms with van der Waals surface area (Å²) in [6, 6.07) is 12.5. The number of likely N-dealkylation sites (tertiary alicyclic amines) is 1. The van der Waals surface area contributed by atoms with Gasteiger partial charge in [-0.1, -0.05) is 18.2 Å². The minimum absolute atomic E-state index is 0.179. The van der Waals surface area contributed by atoms with Crippen LogP contribution in [0.5, 0.6) is 11.7 Å². The highest BCUT2D eigenvalue weighted by Crippen LogP contribution is 2.37. The molecule has 6 heteroatoms. The predicted molar refractivity (Wildman–Crippen MR) is 89.4 cm³/mol. The lowest BCUT2D eigenvalue weighted by Gasteiger charge is -2.31. The number of carbonyl (C=O) groups excluding carboxylic acids is 1. The third kappa shape index (κ3) is 3.27. The maximum Gasteiger partial charge on any atom is 0.290 e. The Balaban J connectivity index is 1.42. The van der Waals surface area contributed by atoms with Crippen LogP contribution in [0.4, 0.5) is 0 Å². The van der Waals surface area contributed by atoms with E-state index in [1.54, 1.807) is 17.0 Å². The fourth-order valence-corrected chi connectivity index (χ4v) is 3.82. The maximum absolute atomic E-state index is 12.7. The standard InChI is InChI=1S/C19H21NO5/c21-15-8-12-10-20(11-13(12)9-16(15)22)19(23)17-6-7-18(25-17)24-14-4-2-1-3-5-14/h1-7,12-13,15-16,21-22H,8-11H2/t12-,13+,15-,16-/m1/s1. The molecule has 0 bridgehead atoms. The molecular formula is C19H21NO5. The molecule has 4 rings (SSSR count). The molecule has 1 aliphatic carbocycles. The van der Waals surface area contributed by atoms with E-state index in [1.807, 2.05) is 30.3 Å². The quantitative estimate of drug-likeness (QED) is 0.893. The summed E-state index contributed by atoms with van der Waals surface area (Å²) in [5.74, 6) is 1.45. The highest BCUT2D eigenvalue weighted by atomic mass is 16.6. The lowest BCUT2D eigenvalue weighted by atomic mass is 9.79. The van der Waals surface area contributed by atoms with Crippen molar-refractivity contribution in [2.45, 2.75) is 25.0 Å². The van der Waals surface area contributed by atoms with Crippen LogP contribution in [0, 0.1) is 11.8 Å². The molecule has 6 nitrogen and oxygen atoms in total. The Morgan fingerprint density at radius 3 is 2.28 bits per heavy atom. The van der Waals surface area contributed by atoms with Crippen molar-refractivity contribution < 1.29 is 24.2 Å². The van der Waals surface area contributed by atoms with Gasteiger partial charge in [-0.3, -0.25) is 4.79 Å². The van der Waals surface area contributed by atoms with Gasteiger partial charge in [0.15, 0.2) is 5.76 Å². The number of ether oxygens (including phenoxy) is 1. The Morgan fingerprint density at radius 1 is 1.00 bits per heavy atom. The monoisotopic (exact) mass is 343 g/mol. The number of aliphatic hydroxyl groups excluding tert-OH is 2. The summed E-state index contributed by atoms with van der Waals surface area (Å²) in [5, 5.41) is 19.6. The molecule has 4 atom stereocenters. The number of hydrogen-bond acceptors (Lipinski definition) is 5. The summed E-state index contributed by atoms with van der Waals surface area (Å²) in [5.41, 5.74) is 0. The zero-order valence-corrected chi connectivity index (χ0v) is 13.7. The van der Waals surface area contributed by atoms with Gasteiger partial charge in [0.25, 0.3) is 11.9 Å². The van der Waals surface area contributed by atoms with Gasteiger partial charge >= 0.3 is 0 Å². The topological polar surface area (TPSA) is 83.1 Å². The number of fused-ring (bicyclic) bond motifs is 1. The van der Waals surface area contributed by atoms with Gasteiger partial charge in [-0.15, -0.1) is 0 Å². The van der Waals surface area contributed by atoms with E-state index < -0.39 is 12.2 Å². The molecule has 0 unspecified atom stereocenters. The van der Waals surface area contributed by atoms with E-state index in [-0.39, 0.29) is 29.4 Å². The molecule has 1 saturated carbocycles. The van der Waals surface area contributed by atoms with Gasteiger partial charge in [0.2, 0.25) is 0 Å². The number of nitrogens with zero attached hydrogens (tertiary/aromatic N) is 1. The van der Waals surface area contributed by atoms with Crippen molar-refractivity contribution in [1.82, 2.24) is 4.90 Å². The van der Waals surface area contributed by atoms with Crippen molar-refractivity contribution in [2.24, 2.45) is 11.8 Å². The Kier molecular flexibility index (Phi) is 4.23. The molecule has 1 amide bonds. The second kappa shape index (κ2) is 6.54. The Labute approximate surface area is 145 Å². The summed E-state index contributed by atoms with van der Waals surface area (Å²) < 4.78 is 11.1. The van der Waals surface area contributed by atoms with Crippen LogP contribution in [-0.4, -0.2) is 46.3 Å². The Hall–Kier alpha value is -2.31. The van der Waals surface area contributed by atoms with Crippen molar-refractivity contribution in [3.05, 3.63) is 48.2 Å². The lowest BCUT2D eigenvalue weighted by molar-refractivity contribution is -0.0372. The van der Waals surface area contributed by atoms with E-state index in [2.05, 4.69) is 0 Å². The first kappa shape index (κ1) is 16.2. The minimum Gasteiger partial charge on any atom is -0.426 e. The van der Waals surface area contributed by atoms with E-state index in [0.717, 1.165) is 0 Å². The van der Waals surface area contributed by atoms with E-state index in [0.29, 0.717) is 31.7 Å². The van der Waals surface area contributed by atoms with Crippen LogP contribution < -0.4 is 4.74 Å². The third-order valence-corrected chi connectivity index (χ3v) is 5.15. The SMILES string of the molecule is O=C(c1ccc(Oc2ccccc2)o1)N1C[C@H]2C[C@@H](O)[C@H](O)C[C@H]2C1. The second-order valence-corrected chi connectivity index (χ2v) is 6.87. The molecule has 0 radical (unpaired) electrons. The van der Waals surface area contributed by atoms with Crippen LogP contribution in [0.25, 0.3) is 0 Å². The Bertz CT molecular complexity index is 725. The van der Waals surface area contributed by atoms with Gasteiger partial charge in [0, 0.05) is 19.2 Å². The van der Waals surface area contributed by atoms with Crippen LogP contribution in [-0.2, 0) is 0 Å². The fourth-order valence-electron chi connectivity index (χ4n) is 3.82. The molecule has 0 spiro atoms. The summed E-state index contributed by atoms with van der Waals surface area (Å²) in [7, 11) is 0. The Morgan fingerprint density at radius 2 is 1.64 bits per heavy atom. The summed E-state index contributed by atoms with van der Waals surface area (Å²) >= 11 is 0. The molecule has 132 valence electrons. The van der Waals surface area contributed by atoms with E-state index >= 15 is 0 Å². The average molecular weight is 343 g/mol. The number of aliphatic hydroxyl groups is 2. The summed E-state index contributed by atoms with van der Waals surface area (Å²) in [6.07, 6.45) is -0.302. The van der Waals surface area contributed by atoms with Gasteiger partial charge < -0.3 is 24.3 Å². The van der Waals surface area contributed by atoms with Crippen LogP contribution in [0.1, 0.15) is 23.4 Å². The van der Waals surface area contributed by atoms with E-state index in [4.69, 9.17) is 9.15 Å². The van der Waals surface area contributed by atoms with E-state index in [9.17, 15) is 15.0 Å². The zero-order chi connectivity index (χ0) is 17.4. The van der Waals surface area contributed by atoms with E-state index in [1.165, 1.54) is 0 Å². The number of carbonyl (C=O) groups is 1.